The molecule has 3 aromatic rings. The molecule has 0 bridgehead atoms. The third-order valence-electron chi connectivity index (χ3n) is 4.52. The number of methoxy groups -OCH3 is 1. The first kappa shape index (κ1) is 16.5. The molecule has 124 valence electrons. The average Bonchev–Trinajstić information content (AvgIpc) is 2.98. The number of halogens is 2. The first-order chi connectivity index (χ1) is 12.1. The van der Waals surface area contributed by atoms with Gasteiger partial charge in [-0.3, -0.25) is 0 Å². The summed E-state index contributed by atoms with van der Waals surface area (Å²) in [5.41, 5.74) is 4.12. The van der Waals surface area contributed by atoms with Crippen molar-refractivity contribution < 1.29 is 4.74 Å². The summed E-state index contributed by atoms with van der Waals surface area (Å²) in [6, 6.07) is 24.0. The quantitative estimate of drug-likeness (QED) is 0.507. The second-order valence-corrected chi connectivity index (χ2v) is 7.23. The maximum absolute atomic E-state index is 6.16. The molecule has 0 aromatic heterocycles. The summed E-state index contributed by atoms with van der Waals surface area (Å²) in [5, 5.41) is 0.698. The van der Waals surface area contributed by atoms with Gasteiger partial charge in [-0.2, -0.15) is 0 Å². The molecule has 0 aliphatic carbocycles. The molecule has 0 N–H and O–H groups in total. The van der Waals surface area contributed by atoms with Crippen molar-refractivity contribution in [1.29, 1.82) is 0 Å². The van der Waals surface area contributed by atoms with Crippen LogP contribution in [0.1, 0.15) is 16.7 Å². The van der Waals surface area contributed by atoms with Crippen LogP contribution in [0.5, 0.6) is 0 Å². The Labute approximate surface area is 160 Å². The number of rotatable bonds is 3. The van der Waals surface area contributed by atoms with Gasteiger partial charge in [0.25, 0.3) is 0 Å². The maximum Gasteiger partial charge on any atom is 0.162 e. The third-order valence-corrected chi connectivity index (χ3v) is 5.30. The molecule has 2 nitrogen and oxygen atoms in total. The standard InChI is InChI=1S/C21H15BrClNO/c1-25-21(15-8-12-17(23)13-9-15)18-4-2-3-5-19(18)24-20(21)14-6-10-16(22)11-7-14/h2-13H,1H3. The summed E-state index contributed by atoms with van der Waals surface area (Å²) in [7, 11) is 1.73. The van der Waals surface area contributed by atoms with Gasteiger partial charge in [0.15, 0.2) is 5.60 Å². The van der Waals surface area contributed by atoms with Crippen LogP contribution in [0.2, 0.25) is 5.02 Å². The van der Waals surface area contributed by atoms with E-state index in [-0.39, 0.29) is 0 Å². The summed E-state index contributed by atoms with van der Waals surface area (Å²) in [6.07, 6.45) is 0. The number of fused-ring (bicyclic) bond motifs is 1. The Morgan fingerprint density at radius 1 is 0.920 bits per heavy atom. The number of nitrogens with zero attached hydrogens (tertiary/aromatic N) is 1. The number of hydrogen-bond donors (Lipinski definition) is 0. The van der Waals surface area contributed by atoms with E-state index < -0.39 is 5.60 Å². The van der Waals surface area contributed by atoms with Gasteiger partial charge in [0, 0.05) is 22.2 Å². The predicted molar refractivity (Wildman–Crippen MR) is 106 cm³/mol. The molecule has 3 aromatic carbocycles. The monoisotopic (exact) mass is 411 g/mol. The van der Waals surface area contributed by atoms with Crippen molar-refractivity contribution in [1.82, 2.24) is 0 Å². The van der Waals surface area contributed by atoms with Crippen molar-refractivity contribution >= 4 is 38.9 Å². The van der Waals surface area contributed by atoms with Gasteiger partial charge < -0.3 is 4.74 Å². The van der Waals surface area contributed by atoms with Crippen molar-refractivity contribution in [3.8, 4) is 0 Å². The van der Waals surface area contributed by atoms with Gasteiger partial charge in [-0.15, -0.1) is 0 Å². The molecule has 4 rings (SSSR count). The fourth-order valence-corrected chi connectivity index (χ4v) is 3.76. The lowest BCUT2D eigenvalue weighted by atomic mass is 9.81. The van der Waals surface area contributed by atoms with E-state index in [1.807, 2.05) is 54.6 Å². The molecular formula is C21H15BrClNO. The molecule has 4 heteroatoms. The van der Waals surface area contributed by atoms with E-state index in [0.717, 1.165) is 32.6 Å². The molecule has 1 aliphatic rings. The van der Waals surface area contributed by atoms with Crippen molar-refractivity contribution in [3.63, 3.8) is 0 Å². The minimum Gasteiger partial charge on any atom is -0.362 e. The predicted octanol–water partition coefficient (Wildman–Crippen LogP) is 6.13. The maximum atomic E-state index is 6.16. The highest BCUT2D eigenvalue weighted by molar-refractivity contribution is 9.10. The topological polar surface area (TPSA) is 21.6 Å². The van der Waals surface area contributed by atoms with E-state index >= 15 is 0 Å². The normalized spacial score (nSPS) is 18.8. The Bertz CT molecular complexity index is 950. The van der Waals surface area contributed by atoms with Crippen LogP contribution in [0.3, 0.4) is 0 Å². The van der Waals surface area contributed by atoms with Gasteiger partial charge in [-0.1, -0.05) is 70.0 Å². The Morgan fingerprint density at radius 2 is 1.60 bits per heavy atom. The molecular weight excluding hydrogens is 398 g/mol. The van der Waals surface area contributed by atoms with E-state index in [4.69, 9.17) is 21.3 Å². The average molecular weight is 413 g/mol. The van der Waals surface area contributed by atoms with Gasteiger partial charge in [0.05, 0.1) is 11.4 Å². The molecule has 0 saturated heterocycles. The highest BCUT2D eigenvalue weighted by Crippen LogP contribution is 2.47. The van der Waals surface area contributed by atoms with Gasteiger partial charge in [0.2, 0.25) is 0 Å². The van der Waals surface area contributed by atoms with Crippen molar-refractivity contribution in [3.05, 3.63) is 99.0 Å². The summed E-state index contributed by atoms with van der Waals surface area (Å²) in [6.45, 7) is 0. The molecule has 1 atom stereocenters. The highest BCUT2D eigenvalue weighted by atomic mass is 79.9. The number of ether oxygens (including phenoxy) is 1. The van der Waals surface area contributed by atoms with Gasteiger partial charge in [-0.25, -0.2) is 4.99 Å². The van der Waals surface area contributed by atoms with E-state index in [0.29, 0.717) is 5.02 Å². The van der Waals surface area contributed by atoms with Crippen molar-refractivity contribution in [2.75, 3.05) is 7.11 Å². The SMILES string of the molecule is COC1(c2ccc(Cl)cc2)C(c2ccc(Br)cc2)=Nc2ccccc21. The minimum absolute atomic E-state index is 0.698. The number of hydrogen-bond acceptors (Lipinski definition) is 2. The zero-order valence-electron chi connectivity index (χ0n) is 13.5. The minimum atomic E-state index is -0.755. The lowest BCUT2D eigenvalue weighted by Crippen LogP contribution is -2.37. The van der Waals surface area contributed by atoms with Crippen LogP contribution < -0.4 is 0 Å². The van der Waals surface area contributed by atoms with Crippen molar-refractivity contribution in [2.24, 2.45) is 4.99 Å². The number of aliphatic imine (C=N–C) groups is 1. The number of para-hydroxylation sites is 1. The summed E-state index contributed by atoms with van der Waals surface area (Å²) in [5.74, 6) is 0. The van der Waals surface area contributed by atoms with E-state index in [9.17, 15) is 0 Å². The van der Waals surface area contributed by atoms with Crippen LogP contribution in [0.15, 0.2) is 82.3 Å². The van der Waals surface area contributed by atoms with Gasteiger partial charge in [0.1, 0.15) is 0 Å². The molecule has 0 spiro atoms. The molecule has 0 amide bonds. The summed E-state index contributed by atoms with van der Waals surface area (Å²) in [4.78, 5) is 4.92. The largest absolute Gasteiger partial charge is 0.362 e. The summed E-state index contributed by atoms with van der Waals surface area (Å²) < 4.78 is 7.19. The Morgan fingerprint density at radius 3 is 2.28 bits per heavy atom. The van der Waals surface area contributed by atoms with Crippen LogP contribution in [0, 0.1) is 0 Å². The van der Waals surface area contributed by atoms with Gasteiger partial charge >= 0.3 is 0 Å². The van der Waals surface area contributed by atoms with Gasteiger partial charge in [-0.05, 0) is 41.5 Å². The molecule has 0 fully saturated rings. The summed E-state index contributed by atoms with van der Waals surface area (Å²) >= 11 is 9.60. The molecule has 25 heavy (non-hydrogen) atoms. The second kappa shape index (κ2) is 6.41. The molecule has 0 saturated carbocycles. The number of benzene rings is 3. The third kappa shape index (κ3) is 2.63. The van der Waals surface area contributed by atoms with Crippen LogP contribution in [0.4, 0.5) is 5.69 Å². The zero-order chi connectivity index (χ0) is 17.4. The van der Waals surface area contributed by atoms with E-state index in [1.165, 1.54) is 0 Å². The van der Waals surface area contributed by atoms with Crippen LogP contribution in [-0.2, 0) is 10.3 Å². The smallest absolute Gasteiger partial charge is 0.162 e. The lowest BCUT2D eigenvalue weighted by Gasteiger charge is -2.31. The lowest BCUT2D eigenvalue weighted by molar-refractivity contribution is 0.0868. The Kier molecular flexibility index (Phi) is 4.24. The Balaban J connectivity index is 1.98. The zero-order valence-corrected chi connectivity index (χ0v) is 15.9. The first-order valence-corrected chi connectivity index (χ1v) is 9.08. The van der Waals surface area contributed by atoms with Crippen molar-refractivity contribution in [2.45, 2.75) is 5.60 Å². The second-order valence-electron chi connectivity index (χ2n) is 5.88. The van der Waals surface area contributed by atoms with Crippen LogP contribution in [-0.4, -0.2) is 12.8 Å². The van der Waals surface area contributed by atoms with E-state index in [2.05, 4.69) is 34.1 Å². The molecule has 1 unspecified atom stereocenters. The van der Waals surface area contributed by atoms with Crippen LogP contribution in [0.25, 0.3) is 0 Å². The first-order valence-electron chi connectivity index (χ1n) is 7.91. The molecule has 0 radical (unpaired) electrons. The molecule has 1 aliphatic heterocycles. The van der Waals surface area contributed by atoms with Crippen LogP contribution >= 0.6 is 27.5 Å². The highest BCUT2D eigenvalue weighted by Gasteiger charge is 2.46. The fraction of sp³-hybridized carbons (Fsp3) is 0.0952. The molecule has 1 heterocycles. The van der Waals surface area contributed by atoms with E-state index in [1.54, 1.807) is 7.11 Å². The fourth-order valence-electron chi connectivity index (χ4n) is 3.37. The Hall–Kier alpha value is -1.94.